The number of carbonyl (C=O) groups excluding carboxylic acids is 2. The van der Waals surface area contributed by atoms with Gasteiger partial charge in [-0.05, 0) is 6.42 Å². The molecule has 1 aliphatic rings. The number of carbonyl (C=O) groups is 2. The fraction of sp³-hybridized carbons (Fsp3) is 0.615. The molecule has 20 heavy (non-hydrogen) atoms. The second-order valence-corrected chi connectivity index (χ2v) is 5.82. The fourth-order valence-electron chi connectivity index (χ4n) is 2.26. The molecule has 1 aliphatic heterocycles. The van der Waals surface area contributed by atoms with Crippen molar-refractivity contribution in [1.29, 1.82) is 0 Å². The minimum atomic E-state index is -0.0993. The maximum atomic E-state index is 11.4. The van der Waals surface area contributed by atoms with Gasteiger partial charge in [0.1, 0.15) is 0 Å². The van der Waals surface area contributed by atoms with Gasteiger partial charge in [-0.25, -0.2) is 4.98 Å². The molecule has 2 amide bonds. The van der Waals surface area contributed by atoms with E-state index in [9.17, 15) is 9.59 Å². The Labute approximate surface area is 122 Å². The maximum Gasteiger partial charge on any atom is 0.223 e. The molecule has 0 bridgehead atoms. The lowest BCUT2D eigenvalue weighted by molar-refractivity contribution is -0.128. The molecule has 1 fully saturated rings. The number of thiazole rings is 1. The van der Waals surface area contributed by atoms with Crippen molar-refractivity contribution in [2.75, 3.05) is 31.5 Å². The van der Waals surface area contributed by atoms with Crippen LogP contribution in [0.25, 0.3) is 0 Å². The van der Waals surface area contributed by atoms with Crippen LogP contribution >= 0.6 is 11.3 Å². The van der Waals surface area contributed by atoms with Crippen LogP contribution in [0.3, 0.4) is 0 Å². The van der Waals surface area contributed by atoms with Gasteiger partial charge in [0.25, 0.3) is 0 Å². The van der Waals surface area contributed by atoms with E-state index in [4.69, 9.17) is 0 Å². The van der Waals surface area contributed by atoms with Crippen LogP contribution in [0.2, 0.25) is 0 Å². The van der Waals surface area contributed by atoms with Crippen LogP contribution in [0.1, 0.15) is 26.0 Å². The van der Waals surface area contributed by atoms with Crippen molar-refractivity contribution in [3.8, 4) is 0 Å². The number of hydrogen-bond acceptors (Lipinski definition) is 5. The zero-order chi connectivity index (χ0) is 14.5. The zero-order valence-electron chi connectivity index (χ0n) is 11.9. The van der Waals surface area contributed by atoms with Crippen molar-refractivity contribution < 1.29 is 9.59 Å². The molecule has 0 atom stereocenters. The number of rotatable bonds is 3. The number of anilines is 1. The summed E-state index contributed by atoms with van der Waals surface area (Å²) in [6.45, 7) is 7.31. The lowest BCUT2D eigenvalue weighted by atomic mass is 10.3. The van der Waals surface area contributed by atoms with Crippen LogP contribution in [-0.4, -0.2) is 52.8 Å². The molecule has 0 spiro atoms. The molecule has 0 aromatic carbocycles. The van der Waals surface area contributed by atoms with Crippen LogP contribution in [0.4, 0.5) is 5.13 Å². The molecule has 1 N–H and O–H groups in total. The van der Waals surface area contributed by atoms with Crippen molar-refractivity contribution in [1.82, 2.24) is 14.8 Å². The highest BCUT2D eigenvalue weighted by atomic mass is 32.1. The van der Waals surface area contributed by atoms with Gasteiger partial charge >= 0.3 is 0 Å². The van der Waals surface area contributed by atoms with Crippen LogP contribution in [0.5, 0.6) is 0 Å². The van der Waals surface area contributed by atoms with Crippen molar-refractivity contribution >= 4 is 28.3 Å². The predicted octanol–water partition coefficient (Wildman–Crippen LogP) is 1.16. The first kappa shape index (κ1) is 14.9. The minimum Gasteiger partial charge on any atom is -0.342 e. The second-order valence-electron chi connectivity index (χ2n) is 4.96. The minimum absolute atomic E-state index is 0.0993. The number of nitrogens with zero attached hydrogens (tertiary/aromatic N) is 3. The molecular weight excluding hydrogens is 276 g/mol. The van der Waals surface area contributed by atoms with Gasteiger partial charge in [0, 0.05) is 52.0 Å². The van der Waals surface area contributed by atoms with Gasteiger partial charge in [-0.15, -0.1) is 11.3 Å². The topological polar surface area (TPSA) is 65.5 Å². The Morgan fingerprint density at radius 1 is 1.30 bits per heavy atom. The molecule has 2 heterocycles. The summed E-state index contributed by atoms with van der Waals surface area (Å²) in [5, 5.41) is 5.31. The predicted molar refractivity (Wildman–Crippen MR) is 78.6 cm³/mol. The van der Waals surface area contributed by atoms with Gasteiger partial charge in [-0.2, -0.15) is 0 Å². The second kappa shape index (κ2) is 6.81. The number of nitrogens with one attached hydrogen (secondary N) is 1. The Bertz CT molecular complexity index is 488. The summed E-state index contributed by atoms with van der Waals surface area (Å²) in [5.41, 5.74) is 0.968. The third kappa shape index (κ3) is 4.28. The quantitative estimate of drug-likeness (QED) is 0.909. The molecule has 7 heteroatoms. The standard InChI is InChI=1S/C13H20N4O2S/c1-10(18)14-13-15-12(9-20-13)8-16-4-3-5-17(7-6-16)11(2)19/h9H,3-8H2,1-2H3,(H,14,15,18). The monoisotopic (exact) mass is 296 g/mol. The number of aromatic nitrogens is 1. The SMILES string of the molecule is CC(=O)Nc1nc(CN2CCCN(C(C)=O)CC2)cs1. The molecule has 110 valence electrons. The summed E-state index contributed by atoms with van der Waals surface area (Å²) in [7, 11) is 0. The van der Waals surface area contributed by atoms with Gasteiger partial charge in [0.05, 0.1) is 5.69 Å². The van der Waals surface area contributed by atoms with E-state index < -0.39 is 0 Å². The molecule has 0 radical (unpaired) electrons. The smallest absolute Gasteiger partial charge is 0.223 e. The van der Waals surface area contributed by atoms with Gasteiger partial charge in [-0.3, -0.25) is 14.5 Å². The molecule has 0 unspecified atom stereocenters. The van der Waals surface area contributed by atoms with E-state index in [1.54, 1.807) is 6.92 Å². The first-order chi connectivity index (χ1) is 9.54. The highest BCUT2D eigenvalue weighted by Gasteiger charge is 2.17. The molecular formula is C13H20N4O2S. The number of amides is 2. The van der Waals surface area contributed by atoms with Crippen LogP contribution < -0.4 is 5.32 Å². The van der Waals surface area contributed by atoms with E-state index in [0.717, 1.165) is 44.8 Å². The van der Waals surface area contributed by atoms with Crippen molar-refractivity contribution in [3.05, 3.63) is 11.1 Å². The Hall–Kier alpha value is -1.47. The Balaban J connectivity index is 1.88. The van der Waals surface area contributed by atoms with Gasteiger partial charge in [0.2, 0.25) is 11.8 Å². The first-order valence-corrected chi connectivity index (χ1v) is 7.62. The molecule has 1 saturated heterocycles. The summed E-state index contributed by atoms with van der Waals surface area (Å²) < 4.78 is 0. The molecule has 6 nitrogen and oxygen atoms in total. The lowest BCUT2D eigenvalue weighted by Gasteiger charge is -2.20. The number of hydrogen-bond donors (Lipinski definition) is 1. The average molecular weight is 296 g/mol. The van der Waals surface area contributed by atoms with Gasteiger partial charge in [0.15, 0.2) is 5.13 Å². The third-order valence-corrected chi connectivity index (χ3v) is 4.06. The lowest BCUT2D eigenvalue weighted by Crippen LogP contribution is -2.33. The molecule has 0 aliphatic carbocycles. The maximum absolute atomic E-state index is 11.4. The normalized spacial score (nSPS) is 16.8. The third-order valence-electron chi connectivity index (χ3n) is 3.25. The molecule has 1 aromatic heterocycles. The van der Waals surface area contributed by atoms with E-state index in [-0.39, 0.29) is 11.8 Å². The van der Waals surface area contributed by atoms with Crippen LogP contribution in [-0.2, 0) is 16.1 Å². The van der Waals surface area contributed by atoms with Crippen molar-refractivity contribution in [3.63, 3.8) is 0 Å². The molecule has 0 saturated carbocycles. The van der Waals surface area contributed by atoms with E-state index in [0.29, 0.717) is 5.13 Å². The molecule has 2 rings (SSSR count). The van der Waals surface area contributed by atoms with Crippen LogP contribution in [0.15, 0.2) is 5.38 Å². The summed E-state index contributed by atoms with van der Waals surface area (Å²) >= 11 is 1.44. The highest BCUT2D eigenvalue weighted by Crippen LogP contribution is 2.17. The van der Waals surface area contributed by atoms with E-state index in [2.05, 4.69) is 15.2 Å². The first-order valence-electron chi connectivity index (χ1n) is 6.74. The van der Waals surface area contributed by atoms with E-state index in [1.807, 2.05) is 10.3 Å². The highest BCUT2D eigenvalue weighted by molar-refractivity contribution is 7.13. The summed E-state index contributed by atoms with van der Waals surface area (Å²) in [4.78, 5) is 30.9. The summed E-state index contributed by atoms with van der Waals surface area (Å²) in [6, 6.07) is 0. The van der Waals surface area contributed by atoms with E-state index in [1.165, 1.54) is 18.3 Å². The average Bonchev–Trinajstić information content (AvgIpc) is 2.65. The summed E-state index contributed by atoms with van der Waals surface area (Å²) in [5.74, 6) is 0.0474. The van der Waals surface area contributed by atoms with Crippen molar-refractivity contribution in [2.45, 2.75) is 26.8 Å². The van der Waals surface area contributed by atoms with Crippen LogP contribution in [0, 0.1) is 0 Å². The Morgan fingerprint density at radius 2 is 2.10 bits per heavy atom. The van der Waals surface area contributed by atoms with Crippen molar-refractivity contribution in [2.24, 2.45) is 0 Å². The van der Waals surface area contributed by atoms with Gasteiger partial charge < -0.3 is 10.2 Å². The van der Waals surface area contributed by atoms with E-state index >= 15 is 0 Å². The molecule has 1 aromatic rings. The largest absolute Gasteiger partial charge is 0.342 e. The Morgan fingerprint density at radius 3 is 2.80 bits per heavy atom. The van der Waals surface area contributed by atoms with Gasteiger partial charge in [-0.1, -0.05) is 0 Å². The fourth-order valence-corrected chi connectivity index (χ4v) is 3.01. The summed E-state index contributed by atoms with van der Waals surface area (Å²) in [6.07, 6.45) is 0.988. The Kier molecular flexibility index (Phi) is 5.08. The zero-order valence-corrected chi connectivity index (χ0v) is 12.7.